The highest BCUT2D eigenvalue weighted by molar-refractivity contribution is 5.67. The molecule has 0 spiro atoms. The van der Waals surface area contributed by atoms with Gasteiger partial charge in [0.15, 0.2) is 0 Å². The predicted octanol–water partition coefficient (Wildman–Crippen LogP) is 1.75. The van der Waals surface area contributed by atoms with Gasteiger partial charge in [0.2, 0.25) is 0 Å². The zero-order valence-corrected chi connectivity index (χ0v) is 10.2. The van der Waals surface area contributed by atoms with Crippen LogP contribution in [0.1, 0.15) is 12.5 Å². The average Bonchev–Trinajstić information content (AvgIpc) is 2.38. The van der Waals surface area contributed by atoms with Crippen molar-refractivity contribution in [2.75, 3.05) is 24.5 Å². The van der Waals surface area contributed by atoms with E-state index in [0.717, 1.165) is 5.69 Å². The summed E-state index contributed by atoms with van der Waals surface area (Å²) >= 11 is 0. The minimum Gasteiger partial charge on any atom is -0.465 e. The molecule has 0 unspecified atom stereocenters. The van der Waals surface area contributed by atoms with Crippen LogP contribution in [-0.2, 0) is 0 Å². The number of piperazine rings is 1. The van der Waals surface area contributed by atoms with Crippen LogP contribution in [0.5, 0.6) is 0 Å². The van der Waals surface area contributed by atoms with Crippen LogP contribution in [0.25, 0.3) is 0 Å². The second kappa shape index (κ2) is 4.96. The Kier molecular flexibility index (Phi) is 3.38. The summed E-state index contributed by atoms with van der Waals surface area (Å²) in [7, 11) is 0. The second-order valence-electron chi connectivity index (χ2n) is 4.40. The summed E-state index contributed by atoms with van der Waals surface area (Å²) in [6.07, 6.45) is -0.879. The van der Waals surface area contributed by atoms with Gasteiger partial charge >= 0.3 is 6.09 Å². The number of hydrogen-bond donors (Lipinski definition) is 1. The first-order chi connectivity index (χ1) is 8.63. The van der Waals surface area contributed by atoms with Crippen molar-refractivity contribution in [2.24, 2.45) is 0 Å². The third-order valence-electron chi connectivity index (χ3n) is 3.24. The van der Waals surface area contributed by atoms with E-state index in [1.807, 2.05) is 25.1 Å². The Morgan fingerprint density at radius 2 is 2.17 bits per heavy atom. The summed E-state index contributed by atoms with van der Waals surface area (Å²) < 4.78 is 0. The number of carboxylic acid groups (broad SMARTS) is 1. The standard InChI is InChI=1S/C13H15N3O2/c1-10-9-15(6-7-16(10)13(17)18)12-5-3-2-4-11(12)8-14/h2-5,10H,6-7,9H2,1H3,(H,17,18)/t10-/m0/s1. The van der Waals surface area contributed by atoms with Crippen molar-refractivity contribution in [2.45, 2.75) is 13.0 Å². The maximum atomic E-state index is 11.0. The van der Waals surface area contributed by atoms with E-state index in [9.17, 15) is 4.79 Å². The van der Waals surface area contributed by atoms with Crippen molar-refractivity contribution in [1.82, 2.24) is 4.90 Å². The van der Waals surface area contributed by atoms with Crippen molar-refractivity contribution in [3.8, 4) is 6.07 Å². The van der Waals surface area contributed by atoms with E-state index in [0.29, 0.717) is 25.2 Å². The molecular formula is C13H15N3O2. The Hall–Kier alpha value is -2.22. The number of nitrogens with zero attached hydrogens (tertiary/aromatic N) is 3. The maximum absolute atomic E-state index is 11.0. The van der Waals surface area contributed by atoms with Gasteiger partial charge in [0.1, 0.15) is 6.07 Å². The van der Waals surface area contributed by atoms with Gasteiger partial charge in [-0.3, -0.25) is 0 Å². The molecule has 1 aliphatic rings. The number of amides is 1. The summed E-state index contributed by atoms with van der Waals surface area (Å²) in [6.45, 7) is 3.59. The third-order valence-corrected chi connectivity index (χ3v) is 3.24. The highest BCUT2D eigenvalue weighted by Crippen LogP contribution is 2.22. The monoisotopic (exact) mass is 245 g/mol. The lowest BCUT2D eigenvalue weighted by atomic mass is 10.1. The van der Waals surface area contributed by atoms with Crippen molar-refractivity contribution >= 4 is 11.8 Å². The first kappa shape index (κ1) is 12.2. The smallest absolute Gasteiger partial charge is 0.407 e. The van der Waals surface area contributed by atoms with E-state index in [2.05, 4.69) is 11.0 Å². The predicted molar refractivity (Wildman–Crippen MR) is 67.6 cm³/mol. The fourth-order valence-electron chi connectivity index (χ4n) is 2.30. The van der Waals surface area contributed by atoms with Crippen LogP contribution in [0.2, 0.25) is 0 Å². The van der Waals surface area contributed by atoms with Gasteiger partial charge in [-0.2, -0.15) is 5.26 Å². The largest absolute Gasteiger partial charge is 0.465 e. The van der Waals surface area contributed by atoms with E-state index >= 15 is 0 Å². The molecule has 0 saturated carbocycles. The van der Waals surface area contributed by atoms with E-state index in [4.69, 9.17) is 10.4 Å². The fraction of sp³-hybridized carbons (Fsp3) is 0.385. The minimum absolute atomic E-state index is 0.0667. The van der Waals surface area contributed by atoms with Crippen molar-refractivity contribution < 1.29 is 9.90 Å². The van der Waals surface area contributed by atoms with Gasteiger partial charge in [-0.25, -0.2) is 4.79 Å². The molecule has 0 aromatic heterocycles. The van der Waals surface area contributed by atoms with Crippen LogP contribution < -0.4 is 4.90 Å². The summed E-state index contributed by atoms with van der Waals surface area (Å²) in [5.41, 5.74) is 1.52. The number of benzene rings is 1. The molecule has 1 aromatic carbocycles. The van der Waals surface area contributed by atoms with Gasteiger partial charge in [-0.1, -0.05) is 12.1 Å². The van der Waals surface area contributed by atoms with E-state index in [1.54, 1.807) is 6.07 Å². The summed E-state index contributed by atoms with van der Waals surface area (Å²) in [5.74, 6) is 0. The normalized spacial score (nSPS) is 19.4. The Morgan fingerprint density at radius 3 is 2.78 bits per heavy atom. The summed E-state index contributed by atoms with van der Waals surface area (Å²) in [4.78, 5) is 14.5. The molecule has 18 heavy (non-hydrogen) atoms. The topological polar surface area (TPSA) is 67.6 Å². The van der Waals surface area contributed by atoms with Gasteiger partial charge in [0.25, 0.3) is 0 Å². The number of rotatable bonds is 1. The molecule has 94 valence electrons. The van der Waals surface area contributed by atoms with Gasteiger partial charge in [-0.05, 0) is 19.1 Å². The number of anilines is 1. The van der Waals surface area contributed by atoms with Gasteiger partial charge in [0.05, 0.1) is 11.3 Å². The molecule has 1 amide bonds. The lowest BCUT2D eigenvalue weighted by Crippen LogP contribution is -2.53. The van der Waals surface area contributed by atoms with Gasteiger partial charge in [-0.15, -0.1) is 0 Å². The van der Waals surface area contributed by atoms with Crippen LogP contribution in [0.3, 0.4) is 0 Å². The lowest BCUT2D eigenvalue weighted by molar-refractivity contribution is 0.122. The number of para-hydroxylation sites is 1. The number of hydrogen-bond acceptors (Lipinski definition) is 3. The Balaban J connectivity index is 2.18. The number of nitriles is 1. The second-order valence-corrected chi connectivity index (χ2v) is 4.40. The molecule has 5 heteroatoms. The highest BCUT2D eigenvalue weighted by Gasteiger charge is 2.27. The Labute approximate surface area is 106 Å². The first-order valence-corrected chi connectivity index (χ1v) is 5.87. The maximum Gasteiger partial charge on any atom is 0.407 e. The molecule has 1 heterocycles. The molecule has 0 aliphatic carbocycles. The summed E-state index contributed by atoms with van der Waals surface area (Å²) in [6, 6.07) is 9.51. The highest BCUT2D eigenvalue weighted by atomic mass is 16.4. The summed E-state index contributed by atoms with van der Waals surface area (Å²) in [5, 5.41) is 18.1. The molecule has 1 fully saturated rings. The van der Waals surface area contributed by atoms with Crippen molar-refractivity contribution in [3.63, 3.8) is 0 Å². The molecule has 1 atom stereocenters. The van der Waals surface area contributed by atoms with Crippen LogP contribution in [-0.4, -0.2) is 41.8 Å². The zero-order chi connectivity index (χ0) is 13.1. The zero-order valence-electron chi connectivity index (χ0n) is 10.2. The minimum atomic E-state index is -0.879. The Morgan fingerprint density at radius 1 is 1.44 bits per heavy atom. The van der Waals surface area contributed by atoms with Crippen LogP contribution >= 0.6 is 0 Å². The van der Waals surface area contributed by atoms with E-state index in [1.165, 1.54) is 4.90 Å². The van der Waals surface area contributed by atoms with Gasteiger partial charge in [0, 0.05) is 25.7 Å². The fourth-order valence-corrected chi connectivity index (χ4v) is 2.30. The molecule has 1 N–H and O–H groups in total. The molecule has 1 saturated heterocycles. The van der Waals surface area contributed by atoms with Gasteiger partial charge < -0.3 is 14.9 Å². The quantitative estimate of drug-likeness (QED) is 0.818. The lowest BCUT2D eigenvalue weighted by Gasteiger charge is -2.39. The van der Waals surface area contributed by atoms with Crippen molar-refractivity contribution in [3.05, 3.63) is 29.8 Å². The van der Waals surface area contributed by atoms with Crippen LogP contribution in [0.4, 0.5) is 10.5 Å². The third kappa shape index (κ3) is 2.23. The molecule has 2 rings (SSSR count). The van der Waals surface area contributed by atoms with Crippen LogP contribution in [0.15, 0.2) is 24.3 Å². The molecular weight excluding hydrogens is 230 g/mol. The van der Waals surface area contributed by atoms with E-state index < -0.39 is 6.09 Å². The van der Waals surface area contributed by atoms with Crippen molar-refractivity contribution in [1.29, 1.82) is 5.26 Å². The average molecular weight is 245 g/mol. The number of carbonyl (C=O) groups is 1. The van der Waals surface area contributed by atoms with E-state index in [-0.39, 0.29) is 6.04 Å². The molecule has 0 bridgehead atoms. The molecule has 1 aromatic rings. The molecule has 0 radical (unpaired) electrons. The Bertz CT molecular complexity index is 495. The SMILES string of the molecule is C[C@H]1CN(c2ccccc2C#N)CCN1C(=O)O. The molecule has 5 nitrogen and oxygen atoms in total. The van der Waals surface area contributed by atoms with Crippen LogP contribution in [0, 0.1) is 11.3 Å². The first-order valence-electron chi connectivity index (χ1n) is 5.87. The molecule has 1 aliphatic heterocycles.